The highest BCUT2D eigenvalue weighted by atomic mass is 16.5. The Bertz CT molecular complexity index is 1160. The lowest BCUT2D eigenvalue weighted by atomic mass is 10.1. The number of carbonyl (C=O) groups is 2. The second-order valence-corrected chi connectivity index (χ2v) is 7.01. The lowest BCUT2D eigenvalue weighted by molar-refractivity contribution is -0.111. The number of ether oxygens (including phenoxy) is 4. The Morgan fingerprint density at radius 3 is 2.00 bits per heavy atom. The third-order valence-corrected chi connectivity index (χ3v) is 4.89. The molecule has 0 radical (unpaired) electrons. The van der Waals surface area contributed by atoms with Crippen LogP contribution in [0.5, 0.6) is 23.0 Å². The number of hydrogen-bond donors (Lipinski definition) is 2. The summed E-state index contributed by atoms with van der Waals surface area (Å²) < 4.78 is 21.1. The van der Waals surface area contributed by atoms with Gasteiger partial charge in [0.15, 0.2) is 11.5 Å². The van der Waals surface area contributed by atoms with Gasteiger partial charge in [0.2, 0.25) is 11.7 Å². The van der Waals surface area contributed by atoms with Gasteiger partial charge in [-0.1, -0.05) is 12.1 Å². The van der Waals surface area contributed by atoms with Crippen LogP contribution < -0.4 is 29.6 Å². The van der Waals surface area contributed by atoms with Crippen molar-refractivity contribution in [3.05, 3.63) is 77.9 Å². The first-order chi connectivity index (χ1) is 16.5. The summed E-state index contributed by atoms with van der Waals surface area (Å²) in [5, 5.41) is 5.57. The first-order valence-corrected chi connectivity index (χ1v) is 10.3. The van der Waals surface area contributed by atoms with E-state index in [0.29, 0.717) is 45.5 Å². The molecule has 0 heterocycles. The van der Waals surface area contributed by atoms with Gasteiger partial charge in [0.25, 0.3) is 5.91 Å². The molecule has 0 unspecified atom stereocenters. The van der Waals surface area contributed by atoms with E-state index in [2.05, 4.69) is 10.6 Å². The van der Waals surface area contributed by atoms with Crippen LogP contribution in [0.2, 0.25) is 0 Å². The number of rotatable bonds is 9. The van der Waals surface area contributed by atoms with Crippen LogP contribution in [0.1, 0.15) is 15.9 Å². The number of hydrogen-bond acceptors (Lipinski definition) is 6. The molecular formula is C26H26N2O6. The van der Waals surface area contributed by atoms with Gasteiger partial charge >= 0.3 is 0 Å². The number of nitrogens with one attached hydrogen (secondary N) is 2. The monoisotopic (exact) mass is 462 g/mol. The van der Waals surface area contributed by atoms with Crippen LogP contribution in [0.15, 0.2) is 66.7 Å². The Labute approximate surface area is 198 Å². The average Bonchev–Trinajstić information content (AvgIpc) is 2.87. The first-order valence-electron chi connectivity index (χ1n) is 10.3. The van der Waals surface area contributed by atoms with E-state index in [1.54, 1.807) is 73.8 Å². The van der Waals surface area contributed by atoms with Gasteiger partial charge in [-0.2, -0.15) is 0 Å². The Morgan fingerprint density at radius 2 is 1.41 bits per heavy atom. The molecule has 3 rings (SSSR count). The highest BCUT2D eigenvalue weighted by Gasteiger charge is 2.14. The summed E-state index contributed by atoms with van der Waals surface area (Å²) in [6, 6.07) is 17.2. The molecule has 3 aromatic carbocycles. The molecular weight excluding hydrogens is 436 g/mol. The van der Waals surface area contributed by atoms with Gasteiger partial charge in [-0.05, 0) is 60.2 Å². The third kappa shape index (κ3) is 5.86. The van der Waals surface area contributed by atoms with Gasteiger partial charge < -0.3 is 29.6 Å². The second kappa shape index (κ2) is 11.4. The van der Waals surface area contributed by atoms with Crippen molar-refractivity contribution in [3.63, 3.8) is 0 Å². The van der Waals surface area contributed by atoms with Crippen LogP contribution in [0, 0.1) is 0 Å². The molecule has 0 spiro atoms. The molecule has 8 nitrogen and oxygen atoms in total. The van der Waals surface area contributed by atoms with Crippen LogP contribution in [0.3, 0.4) is 0 Å². The van der Waals surface area contributed by atoms with Crippen LogP contribution >= 0.6 is 0 Å². The maximum atomic E-state index is 12.8. The van der Waals surface area contributed by atoms with E-state index in [0.717, 1.165) is 0 Å². The minimum absolute atomic E-state index is 0.327. The Balaban J connectivity index is 1.74. The fraction of sp³-hybridized carbons (Fsp3) is 0.154. The third-order valence-electron chi connectivity index (χ3n) is 4.89. The molecule has 0 fully saturated rings. The van der Waals surface area contributed by atoms with Gasteiger partial charge in [-0.3, -0.25) is 9.59 Å². The highest BCUT2D eigenvalue weighted by molar-refractivity contribution is 6.11. The zero-order valence-electron chi connectivity index (χ0n) is 19.4. The molecule has 0 aliphatic carbocycles. The summed E-state index contributed by atoms with van der Waals surface area (Å²) in [6.45, 7) is 0. The summed E-state index contributed by atoms with van der Waals surface area (Å²) in [5.41, 5.74) is 1.99. The Kier molecular flexibility index (Phi) is 8.12. The lowest BCUT2D eigenvalue weighted by Gasteiger charge is -2.13. The van der Waals surface area contributed by atoms with Crippen LogP contribution in [-0.2, 0) is 4.79 Å². The van der Waals surface area contributed by atoms with Crippen molar-refractivity contribution in [1.29, 1.82) is 0 Å². The van der Waals surface area contributed by atoms with E-state index >= 15 is 0 Å². The summed E-state index contributed by atoms with van der Waals surface area (Å²) in [7, 11) is 6.13. The van der Waals surface area contributed by atoms with Crippen molar-refractivity contribution in [1.82, 2.24) is 0 Å². The van der Waals surface area contributed by atoms with Gasteiger partial charge in [-0.15, -0.1) is 0 Å². The summed E-state index contributed by atoms with van der Waals surface area (Å²) in [4.78, 5) is 25.4. The normalized spacial score (nSPS) is 10.5. The molecule has 0 aromatic heterocycles. The number of benzene rings is 3. The van der Waals surface area contributed by atoms with E-state index in [4.69, 9.17) is 18.9 Å². The van der Waals surface area contributed by atoms with Crippen molar-refractivity contribution >= 4 is 29.3 Å². The maximum Gasteiger partial charge on any atom is 0.257 e. The Hall–Kier alpha value is -4.46. The predicted molar refractivity (Wildman–Crippen MR) is 131 cm³/mol. The number of amides is 2. The quantitative estimate of drug-likeness (QED) is 0.451. The average molecular weight is 463 g/mol. The van der Waals surface area contributed by atoms with Gasteiger partial charge in [-0.25, -0.2) is 0 Å². The fourth-order valence-electron chi connectivity index (χ4n) is 3.21. The molecule has 0 bridgehead atoms. The van der Waals surface area contributed by atoms with Gasteiger partial charge in [0.1, 0.15) is 5.75 Å². The van der Waals surface area contributed by atoms with Crippen molar-refractivity contribution < 1.29 is 28.5 Å². The number of anilines is 2. The summed E-state index contributed by atoms with van der Waals surface area (Å²) >= 11 is 0. The minimum Gasteiger partial charge on any atom is -0.497 e. The predicted octanol–water partition coefficient (Wildman–Crippen LogP) is 4.63. The highest BCUT2D eigenvalue weighted by Crippen LogP contribution is 2.38. The number of para-hydroxylation sites is 1. The molecule has 34 heavy (non-hydrogen) atoms. The fourth-order valence-corrected chi connectivity index (χ4v) is 3.21. The van der Waals surface area contributed by atoms with Gasteiger partial charge in [0, 0.05) is 11.8 Å². The molecule has 3 aromatic rings. The van der Waals surface area contributed by atoms with Crippen LogP contribution in [0.4, 0.5) is 11.4 Å². The summed E-state index contributed by atoms with van der Waals surface area (Å²) in [6.07, 6.45) is 2.97. The molecule has 176 valence electrons. The standard InChI is InChI=1S/C26H26N2O6/c1-31-19-12-10-18(11-13-19)27-26(30)20-7-5-6-8-21(20)28-24(29)14-9-17-15-22(32-2)25(34-4)23(16-17)33-3/h5-16H,1-4H3,(H,27,30)(H,28,29). The maximum absolute atomic E-state index is 12.8. The molecule has 0 aliphatic heterocycles. The van der Waals surface area contributed by atoms with Crippen molar-refractivity contribution in [2.75, 3.05) is 39.1 Å². The van der Waals surface area contributed by atoms with Crippen LogP contribution in [0.25, 0.3) is 6.08 Å². The topological polar surface area (TPSA) is 95.1 Å². The van der Waals surface area contributed by atoms with Crippen molar-refractivity contribution in [2.24, 2.45) is 0 Å². The van der Waals surface area contributed by atoms with Crippen LogP contribution in [-0.4, -0.2) is 40.3 Å². The zero-order valence-corrected chi connectivity index (χ0v) is 19.4. The van der Waals surface area contributed by atoms with E-state index in [1.807, 2.05) is 0 Å². The first kappa shape index (κ1) is 24.2. The SMILES string of the molecule is COc1ccc(NC(=O)c2ccccc2NC(=O)C=Cc2cc(OC)c(OC)c(OC)c2)cc1. The molecule has 2 N–H and O–H groups in total. The molecule has 0 saturated carbocycles. The number of carbonyl (C=O) groups excluding carboxylic acids is 2. The van der Waals surface area contributed by atoms with E-state index in [9.17, 15) is 9.59 Å². The largest absolute Gasteiger partial charge is 0.497 e. The molecule has 0 saturated heterocycles. The van der Waals surface area contributed by atoms with Crippen molar-refractivity contribution in [2.45, 2.75) is 0 Å². The molecule has 2 amide bonds. The van der Waals surface area contributed by atoms with Gasteiger partial charge in [0.05, 0.1) is 39.7 Å². The van der Waals surface area contributed by atoms with E-state index in [-0.39, 0.29) is 5.91 Å². The van der Waals surface area contributed by atoms with E-state index in [1.165, 1.54) is 27.4 Å². The lowest BCUT2D eigenvalue weighted by Crippen LogP contribution is -2.17. The van der Waals surface area contributed by atoms with E-state index < -0.39 is 5.91 Å². The van der Waals surface area contributed by atoms with Crippen molar-refractivity contribution in [3.8, 4) is 23.0 Å². The second-order valence-electron chi connectivity index (χ2n) is 7.01. The smallest absolute Gasteiger partial charge is 0.257 e. The molecule has 0 aliphatic rings. The molecule has 8 heteroatoms. The molecule has 0 atom stereocenters. The zero-order chi connectivity index (χ0) is 24.5. The summed E-state index contributed by atoms with van der Waals surface area (Å²) in [5.74, 6) is 1.34. The minimum atomic E-state index is -0.404. The Morgan fingerprint density at radius 1 is 0.765 bits per heavy atom. The number of methoxy groups -OCH3 is 4.